The largest absolute Gasteiger partial charge is 0.316 e. The first-order chi connectivity index (χ1) is 9.76. The lowest BCUT2D eigenvalue weighted by Gasteiger charge is -2.25. The number of nitrogens with zero attached hydrogens (tertiary/aromatic N) is 1. The fourth-order valence-corrected chi connectivity index (χ4v) is 3.52. The molecular weight excluding hydrogens is 286 g/mol. The zero-order valence-corrected chi connectivity index (χ0v) is 14.4. The Kier molecular flexibility index (Phi) is 6.80. The van der Waals surface area contributed by atoms with Crippen LogP contribution in [0.2, 0.25) is 0 Å². The zero-order valence-electron chi connectivity index (χ0n) is 13.6. The minimum atomic E-state index is -3.50. The van der Waals surface area contributed by atoms with E-state index in [0.29, 0.717) is 18.0 Å². The topological polar surface area (TPSA) is 61.4 Å². The molecule has 0 spiro atoms. The van der Waals surface area contributed by atoms with Crippen LogP contribution in [0.4, 0.5) is 0 Å². The van der Waals surface area contributed by atoms with Gasteiger partial charge in [0.1, 0.15) is 0 Å². The summed E-state index contributed by atoms with van der Waals surface area (Å²) in [6.07, 6.45) is 0. The fraction of sp³-hybridized carbons (Fsp3) is 0.600. The molecule has 0 heterocycles. The number of nitrogens with one attached hydrogen (secondary N) is 2. The predicted molar refractivity (Wildman–Crippen MR) is 86.7 cm³/mol. The van der Waals surface area contributed by atoms with Crippen molar-refractivity contribution in [1.82, 2.24) is 14.9 Å². The molecule has 120 valence electrons. The van der Waals surface area contributed by atoms with Crippen molar-refractivity contribution in [2.75, 3.05) is 27.7 Å². The molecule has 0 aromatic heterocycles. The van der Waals surface area contributed by atoms with E-state index < -0.39 is 10.0 Å². The van der Waals surface area contributed by atoms with Gasteiger partial charge in [0.25, 0.3) is 0 Å². The van der Waals surface area contributed by atoms with E-state index in [4.69, 9.17) is 0 Å². The van der Waals surface area contributed by atoms with Gasteiger partial charge in [-0.2, -0.15) is 0 Å². The van der Waals surface area contributed by atoms with E-state index >= 15 is 0 Å². The highest BCUT2D eigenvalue weighted by atomic mass is 32.2. The van der Waals surface area contributed by atoms with Gasteiger partial charge in [0.15, 0.2) is 0 Å². The summed E-state index contributed by atoms with van der Waals surface area (Å²) in [6, 6.07) is 6.92. The maximum atomic E-state index is 12.5. The van der Waals surface area contributed by atoms with Gasteiger partial charge in [-0.3, -0.25) is 0 Å². The first kappa shape index (κ1) is 18.1. The molecule has 0 amide bonds. The number of benzene rings is 1. The van der Waals surface area contributed by atoms with Crippen molar-refractivity contribution < 1.29 is 8.42 Å². The Balaban J connectivity index is 2.96. The zero-order chi connectivity index (χ0) is 16.0. The molecule has 0 aliphatic carbocycles. The minimum Gasteiger partial charge on any atom is -0.316 e. The standard InChI is InChI=1S/C15H27N3O2S/c1-12(2)15(11-18(4)5)17-21(19,20)14-8-6-7-13(9-14)10-16-3/h6-9,12,15-17H,10-11H2,1-5H3. The van der Waals surface area contributed by atoms with E-state index in [1.807, 2.05) is 46.0 Å². The molecule has 0 bridgehead atoms. The lowest BCUT2D eigenvalue weighted by Crippen LogP contribution is -2.44. The Morgan fingerprint density at radius 2 is 1.90 bits per heavy atom. The second-order valence-electron chi connectivity index (χ2n) is 5.91. The molecule has 0 radical (unpaired) electrons. The van der Waals surface area contributed by atoms with Crippen LogP contribution in [0, 0.1) is 5.92 Å². The molecule has 1 unspecified atom stereocenters. The molecule has 1 aromatic carbocycles. The molecular formula is C15H27N3O2S. The van der Waals surface area contributed by atoms with Gasteiger partial charge in [0.2, 0.25) is 10.0 Å². The van der Waals surface area contributed by atoms with E-state index in [0.717, 1.165) is 5.56 Å². The average Bonchev–Trinajstić information content (AvgIpc) is 2.38. The maximum absolute atomic E-state index is 12.5. The van der Waals surface area contributed by atoms with Crippen LogP contribution in [0.15, 0.2) is 29.2 Å². The summed E-state index contributed by atoms with van der Waals surface area (Å²) in [6.45, 7) is 5.37. The summed E-state index contributed by atoms with van der Waals surface area (Å²) in [4.78, 5) is 2.31. The van der Waals surface area contributed by atoms with E-state index in [9.17, 15) is 8.42 Å². The third kappa shape index (κ3) is 5.74. The molecule has 0 aliphatic heterocycles. The molecule has 1 atom stereocenters. The van der Waals surface area contributed by atoms with Crippen LogP contribution in [-0.4, -0.2) is 47.0 Å². The smallest absolute Gasteiger partial charge is 0.240 e. The highest BCUT2D eigenvalue weighted by Gasteiger charge is 2.23. The molecule has 6 heteroatoms. The number of rotatable bonds is 8. The van der Waals surface area contributed by atoms with Gasteiger partial charge in [0.05, 0.1) is 4.90 Å². The SMILES string of the molecule is CNCc1cccc(S(=O)(=O)NC(CN(C)C)C(C)C)c1. The van der Waals surface area contributed by atoms with Gasteiger partial charge in [0, 0.05) is 19.1 Å². The van der Waals surface area contributed by atoms with Crippen molar-refractivity contribution in [2.24, 2.45) is 5.92 Å². The van der Waals surface area contributed by atoms with Crippen LogP contribution in [-0.2, 0) is 16.6 Å². The van der Waals surface area contributed by atoms with E-state index in [-0.39, 0.29) is 12.0 Å². The third-order valence-corrected chi connectivity index (χ3v) is 4.75. The summed E-state index contributed by atoms with van der Waals surface area (Å²) in [5, 5.41) is 3.03. The van der Waals surface area contributed by atoms with Crippen molar-refractivity contribution in [1.29, 1.82) is 0 Å². The monoisotopic (exact) mass is 313 g/mol. The summed E-state index contributed by atoms with van der Waals surface area (Å²) < 4.78 is 27.9. The molecule has 2 N–H and O–H groups in total. The predicted octanol–water partition coefficient (Wildman–Crippen LogP) is 1.27. The van der Waals surface area contributed by atoms with Crippen LogP contribution in [0.25, 0.3) is 0 Å². The van der Waals surface area contributed by atoms with Crippen molar-refractivity contribution in [3.05, 3.63) is 29.8 Å². The van der Waals surface area contributed by atoms with E-state index in [2.05, 4.69) is 10.0 Å². The van der Waals surface area contributed by atoms with E-state index in [1.54, 1.807) is 18.2 Å². The third-order valence-electron chi connectivity index (χ3n) is 3.26. The Morgan fingerprint density at radius 1 is 1.24 bits per heavy atom. The summed E-state index contributed by atoms with van der Waals surface area (Å²) in [5.74, 6) is 0.225. The van der Waals surface area contributed by atoms with Crippen LogP contribution < -0.4 is 10.0 Å². The van der Waals surface area contributed by atoms with Gasteiger partial charge in [-0.15, -0.1) is 0 Å². The van der Waals surface area contributed by atoms with Crippen LogP contribution >= 0.6 is 0 Å². The lowest BCUT2D eigenvalue weighted by atomic mass is 10.1. The minimum absolute atomic E-state index is 0.113. The Hall–Kier alpha value is -0.950. The lowest BCUT2D eigenvalue weighted by molar-refractivity contribution is 0.314. The molecule has 21 heavy (non-hydrogen) atoms. The number of hydrogen-bond acceptors (Lipinski definition) is 4. The highest BCUT2D eigenvalue weighted by molar-refractivity contribution is 7.89. The second kappa shape index (κ2) is 7.89. The fourth-order valence-electron chi connectivity index (χ4n) is 2.07. The molecule has 0 aliphatic rings. The Labute approximate surface area is 128 Å². The van der Waals surface area contributed by atoms with Crippen molar-refractivity contribution in [3.8, 4) is 0 Å². The van der Waals surface area contributed by atoms with Gasteiger partial charge >= 0.3 is 0 Å². The first-order valence-corrected chi connectivity index (χ1v) is 8.65. The molecule has 0 saturated heterocycles. The van der Waals surface area contributed by atoms with Gasteiger partial charge in [-0.1, -0.05) is 26.0 Å². The van der Waals surface area contributed by atoms with Gasteiger partial charge in [-0.25, -0.2) is 13.1 Å². The number of sulfonamides is 1. The molecule has 0 saturated carbocycles. The molecule has 0 fully saturated rings. The van der Waals surface area contributed by atoms with Crippen LogP contribution in [0.1, 0.15) is 19.4 Å². The number of likely N-dealkylation sites (N-methyl/N-ethyl adjacent to an activating group) is 1. The Bertz CT molecular complexity index is 542. The first-order valence-electron chi connectivity index (χ1n) is 7.17. The average molecular weight is 313 g/mol. The highest BCUT2D eigenvalue weighted by Crippen LogP contribution is 2.14. The molecule has 5 nitrogen and oxygen atoms in total. The Morgan fingerprint density at radius 3 is 2.43 bits per heavy atom. The summed E-state index contributed by atoms with van der Waals surface area (Å²) in [7, 11) is 2.23. The summed E-state index contributed by atoms with van der Waals surface area (Å²) in [5.41, 5.74) is 0.953. The van der Waals surface area contributed by atoms with E-state index in [1.165, 1.54) is 0 Å². The summed E-state index contributed by atoms with van der Waals surface area (Å²) >= 11 is 0. The molecule has 1 aromatic rings. The van der Waals surface area contributed by atoms with Crippen LogP contribution in [0.5, 0.6) is 0 Å². The van der Waals surface area contributed by atoms with Crippen molar-refractivity contribution in [3.63, 3.8) is 0 Å². The van der Waals surface area contributed by atoms with Crippen molar-refractivity contribution in [2.45, 2.75) is 31.3 Å². The van der Waals surface area contributed by atoms with Gasteiger partial charge in [-0.05, 0) is 44.8 Å². The normalized spacial score (nSPS) is 13.9. The second-order valence-corrected chi connectivity index (χ2v) is 7.63. The quantitative estimate of drug-likeness (QED) is 0.759. The van der Waals surface area contributed by atoms with Crippen LogP contribution in [0.3, 0.4) is 0 Å². The number of hydrogen-bond donors (Lipinski definition) is 2. The maximum Gasteiger partial charge on any atom is 0.240 e. The molecule has 1 rings (SSSR count). The van der Waals surface area contributed by atoms with Crippen molar-refractivity contribution >= 4 is 10.0 Å². The van der Waals surface area contributed by atoms with Gasteiger partial charge < -0.3 is 10.2 Å².